The Bertz CT molecular complexity index is 766. The summed E-state index contributed by atoms with van der Waals surface area (Å²) in [6, 6.07) is 4.97. The number of rotatable bonds is 7. The predicted octanol–water partition coefficient (Wildman–Crippen LogP) is 2.84. The zero-order chi connectivity index (χ0) is 16.9. The Hall–Kier alpha value is -1.87. The van der Waals surface area contributed by atoms with Crippen LogP contribution in [0.1, 0.15) is 13.8 Å². The molecule has 2 aromatic rings. The first-order valence-electron chi connectivity index (χ1n) is 6.86. The molecule has 0 saturated heterocycles. The van der Waals surface area contributed by atoms with Gasteiger partial charge in [-0.05, 0) is 32.0 Å². The molecule has 124 valence electrons. The molecule has 7 nitrogen and oxygen atoms in total. The Morgan fingerprint density at radius 1 is 1.13 bits per heavy atom. The van der Waals surface area contributed by atoms with E-state index in [1.165, 1.54) is 18.5 Å². The minimum absolute atomic E-state index is 0.0302. The van der Waals surface area contributed by atoms with Gasteiger partial charge in [0.05, 0.1) is 31.3 Å². The summed E-state index contributed by atoms with van der Waals surface area (Å²) in [5.41, 5.74) is 0.232. The van der Waals surface area contributed by atoms with Crippen LogP contribution in [0, 0.1) is 0 Å². The number of ether oxygens (including phenoxy) is 2. The van der Waals surface area contributed by atoms with Crippen molar-refractivity contribution in [1.29, 1.82) is 0 Å². The molecule has 0 aliphatic rings. The highest BCUT2D eigenvalue weighted by molar-refractivity contribution is 9.10. The highest BCUT2D eigenvalue weighted by Gasteiger charge is 2.20. The van der Waals surface area contributed by atoms with E-state index < -0.39 is 10.0 Å². The molecule has 1 aromatic heterocycles. The van der Waals surface area contributed by atoms with Gasteiger partial charge in [-0.25, -0.2) is 18.4 Å². The van der Waals surface area contributed by atoms with Crippen LogP contribution < -0.4 is 14.2 Å². The van der Waals surface area contributed by atoms with Gasteiger partial charge in [0, 0.05) is 4.47 Å². The predicted molar refractivity (Wildman–Crippen MR) is 89.3 cm³/mol. The van der Waals surface area contributed by atoms with E-state index in [-0.39, 0.29) is 22.3 Å². The number of nitrogens with one attached hydrogen (secondary N) is 1. The summed E-state index contributed by atoms with van der Waals surface area (Å²) < 4.78 is 38.7. The molecule has 1 aromatic carbocycles. The normalized spacial score (nSPS) is 11.1. The number of halogens is 1. The Morgan fingerprint density at radius 2 is 1.78 bits per heavy atom. The number of aromatic nitrogens is 2. The smallest absolute Gasteiger partial charge is 0.316 e. The first-order valence-corrected chi connectivity index (χ1v) is 9.14. The molecular weight excluding hydrogens is 386 g/mol. The topological polar surface area (TPSA) is 90.4 Å². The van der Waals surface area contributed by atoms with Crippen LogP contribution in [0.3, 0.4) is 0 Å². The molecule has 0 atom stereocenters. The molecule has 2 rings (SSSR count). The van der Waals surface area contributed by atoms with E-state index in [4.69, 9.17) is 9.47 Å². The third-order valence-corrected chi connectivity index (χ3v) is 4.54. The van der Waals surface area contributed by atoms with Gasteiger partial charge < -0.3 is 9.47 Å². The zero-order valence-electron chi connectivity index (χ0n) is 12.6. The minimum atomic E-state index is -3.84. The number of hydrogen-bond acceptors (Lipinski definition) is 6. The summed E-state index contributed by atoms with van der Waals surface area (Å²) in [7, 11) is -3.84. The van der Waals surface area contributed by atoms with Gasteiger partial charge in [-0.15, -0.1) is 0 Å². The number of anilines is 1. The molecule has 0 spiro atoms. The second-order valence-corrected chi connectivity index (χ2v) is 6.88. The van der Waals surface area contributed by atoms with Gasteiger partial charge in [-0.1, -0.05) is 15.9 Å². The van der Waals surface area contributed by atoms with Crippen molar-refractivity contribution in [3.63, 3.8) is 0 Å². The Labute approximate surface area is 143 Å². The van der Waals surface area contributed by atoms with Gasteiger partial charge in [0.25, 0.3) is 10.0 Å². The summed E-state index contributed by atoms with van der Waals surface area (Å²) >= 11 is 3.26. The van der Waals surface area contributed by atoms with Crippen LogP contribution in [-0.4, -0.2) is 31.6 Å². The molecule has 0 radical (unpaired) electrons. The molecule has 0 fully saturated rings. The van der Waals surface area contributed by atoms with Crippen LogP contribution in [0.5, 0.6) is 11.8 Å². The average molecular weight is 402 g/mol. The van der Waals surface area contributed by atoms with Gasteiger partial charge >= 0.3 is 6.01 Å². The van der Waals surface area contributed by atoms with E-state index in [2.05, 4.69) is 30.6 Å². The van der Waals surface area contributed by atoms with Crippen LogP contribution in [0.4, 0.5) is 5.69 Å². The third kappa shape index (κ3) is 4.55. The van der Waals surface area contributed by atoms with E-state index in [9.17, 15) is 8.42 Å². The van der Waals surface area contributed by atoms with Gasteiger partial charge in [-0.2, -0.15) is 0 Å². The maximum atomic E-state index is 12.6. The van der Waals surface area contributed by atoms with Crippen molar-refractivity contribution in [2.75, 3.05) is 17.9 Å². The van der Waals surface area contributed by atoms with E-state index in [1.54, 1.807) is 19.1 Å². The maximum Gasteiger partial charge on any atom is 0.316 e. The van der Waals surface area contributed by atoms with Crippen molar-refractivity contribution in [1.82, 2.24) is 9.97 Å². The summed E-state index contributed by atoms with van der Waals surface area (Å²) in [5, 5.41) is 0. The minimum Gasteiger partial charge on any atom is -0.492 e. The highest BCUT2D eigenvalue weighted by atomic mass is 79.9. The van der Waals surface area contributed by atoms with Gasteiger partial charge in [0.1, 0.15) is 10.6 Å². The van der Waals surface area contributed by atoms with E-state index in [0.717, 1.165) is 0 Å². The lowest BCUT2D eigenvalue weighted by Crippen LogP contribution is -2.15. The molecule has 1 N–H and O–H groups in total. The quantitative estimate of drug-likeness (QED) is 0.766. The maximum absolute atomic E-state index is 12.6. The van der Waals surface area contributed by atoms with E-state index in [1.807, 2.05) is 6.92 Å². The fraction of sp³-hybridized carbons (Fsp3) is 0.286. The van der Waals surface area contributed by atoms with Crippen molar-refractivity contribution >= 4 is 31.6 Å². The molecule has 0 unspecified atom stereocenters. The highest BCUT2D eigenvalue weighted by Crippen LogP contribution is 2.29. The molecule has 0 aliphatic heterocycles. The molecule has 0 saturated carbocycles. The van der Waals surface area contributed by atoms with Crippen molar-refractivity contribution in [3.8, 4) is 11.8 Å². The molecule has 0 amide bonds. The van der Waals surface area contributed by atoms with Crippen molar-refractivity contribution < 1.29 is 17.9 Å². The first-order chi connectivity index (χ1) is 11.0. The molecule has 23 heavy (non-hydrogen) atoms. The zero-order valence-corrected chi connectivity index (χ0v) is 15.0. The molecule has 1 heterocycles. The van der Waals surface area contributed by atoms with Gasteiger partial charge in [-0.3, -0.25) is 4.72 Å². The molecule has 0 aliphatic carbocycles. The molecule has 9 heteroatoms. The van der Waals surface area contributed by atoms with Crippen LogP contribution in [0.15, 0.2) is 40.0 Å². The monoisotopic (exact) mass is 401 g/mol. The largest absolute Gasteiger partial charge is 0.492 e. The lowest BCUT2D eigenvalue weighted by atomic mass is 10.3. The van der Waals surface area contributed by atoms with E-state index in [0.29, 0.717) is 17.7 Å². The van der Waals surface area contributed by atoms with Crippen LogP contribution in [0.25, 0.3) is 0 Å². The number of nitrogens with zero attached hydrogens (tertiary/aromatic N) is 2. The number of sulfonamides is 1. The summed E-state index contributed by atoms with van der Waals surface area (Å²) in [5.74, 6) is 0.273. The van der Waals surface area contributed by atoms with Crippen LogP contribution >= 0.6 is 15.9 Å². The Morgan fingerprint density at radius 3 is 2.39 bits per heavy atom. The molecular formula is C14H16BrN3O4S. The lowest BCUT2D eigenvalue weighted by molar-refractivity contribution is 0.312. The third-order valence-electron chi connectivity index (χ3n) is 2.65. The van der Waals surface area contributed by atoms with Crippen molar-refractivity contribution in [2.24, 2.45) is 0 Å². The van der Waals surface area contributed by atoms with Gasteiger partial charge in [0.2, 0.25) is 0 Å². The van der Waals surface area contributed by atoms with Gasteiger partial charge in [0.15, 0.2) is 0 Å². The Kier molecular flexibility index (Phi) is 5.78. The summed E-state index contributed by atoms with van der Waals surface area (Å²) in [4.78, 5) is 7.87. The van der Waals surface area contributed by atoms with Crippen LogP contribution in [-0.2, 0) is 10.0 Å². The second kappa shape index (κ2) is 7.60. The number of benzene rings is 1. The average Bonchev–Trinajstić information content (AvgIpc) is 2.51. The standard InChI is InChI=1S/C14H16BrN3O4S/c1-3-21-12-6-5-10(15)7-13(12)23(19,20)18-11-8-16-14(17-9-11)22-4-2/h5-9,18H,3-4H2,1-2H3. The molecule has 0 bridgehead atoms. The number of hydrogen-bond donors (Lipinski definition) is 1. The first kappa shape index (κ1) is 17.5. The van der Waals surface area contributed by atoms with Crippen molar-refractivity contribution in [3.05, 3.63) is 35.1 Å². The summed E-state index contributed by atoms with van der Waals surface area (Å²) in [6.45, 7) is 4.38. The fourth-order valence-corrected chi connectivity index (χ4v) is 3.46. The fourth-order valence-electron chi connectivity index (χ4n) is 1.75. The lowest BCUT2D eigenvalue weighted by Gasteiger charge is -2.13. The van der Waals surface area contributed by atoms with Crippen molar-refractivity contribution in [2.45, 2.75) is 18.7 Å². The summed E-state index contributed by atoms with van der Waals surface area (Å²) in [6.07, 6.45) is 2.68. The Balaban J connectivity index is 2.29. The van der Waals surface area contributed by atoms with E-state index >= 15 is 0 Å². The SMILES string of the molecule is CCOc1ncc(NS(=O)(=O)c2cc(Br)ccc2OCC)cn1. The second-order valence-electron chi connectivity index (χ2n) is 4.32. The van der Waals surface area contributed by atoms with Crippen LogP contribution in [0.2, 0.25) is 0 Å².